The molecule has 9 heteroatoms. The number of ether oxygens (including phenoxy) is 2. The molecule has 3 aromatic rings. The molecular formula is C23H22N2O6S. The molecule has 166 valence electrons. The Labute approximate surface area is 186 Å². The van der Waals surface area contributed by atoms with E-state index < -0.39 is 28.0 Å². The van der Waals surface area contributed by atoms with Crippen LogP contribution in [0.15, 0.2) is 83.8 Å². The number of carbonyl (C=O) groups is 2. The standard InChI is InChI=1S/C23H22N2O6S/c1-25(19-10-6-7-11-20(19)30-2)32(28,29)18-14-12-17(13-15-18)23(27)31-21(22(24)26)16-8-4-3-5-9-16/h3-15,21H,1-2H3,(H2,24,26)/t21-/m0/s1. The number of primary amides is 1. The molecule has 0 spiro atoms. The first-order chi connectivity index (χ1) is 15.3. The molecule has 0 aliphatic heterocycles. The summed E-state index contributed by atoms with van der Waals surface area (Å²) < 4.78 is 37.7. The minimum Gasteiger partial charge on any atom is -0.495 e. The summed E-state index contributed by atoms with van der Waals surface area (Å²) in [5, 5.41) is 0. The fourth-order valence-electron chi connectivity index (χ4n) is 3.03. The van der Waals surface area contributed by atoms with Crippen LogP contribution >= 0.6 is 0 Å². The highest BCUT2D eigenvalue weighted by atomic mass is 32.2. The molecule has 0 saturated heterocycles. The highest BCUT2D eigenvalue weighted by molar-refractivity contribution is 7.92. The molecule has 0 saturated carbocycles. The van der Waals surface area contributed by atoms with Crippen molar-refractivity contribution in [3.63, 3.8) is 0 Å². The summed E-state index contributed by atoms with van der Waals surface area (Å²) in [5.74, 6) is -1.22. The molecule has 32 heavy (non-hydrogen) atoms. The number of nitrogens with two attached hydrogens (primary N) is 1. The van der Waals surface area contributed by atoms with Gasteiger partial charge < -0.3 is 15.2 Å². The van der Waals surface area contributed by atoms with E-state index in [9.17, 15) is 18.0 Å². The molecule has 0 bridgehead atoms. The van der Waals surface area contributed by atoms with E-state index in [1.165, 1.54) is 38.4 Å². The van der Waals surface area contributed by atoms with Crippen LogP contribution in [-0.4, -0.2) is 34.5 Å². The molecule has 3 rings (SSSR count). The van der Waals surface area contributed by atoms with E-state index >= 15 is 0 Å². The molecule has 2 N–H and O–H groups in total. The Morgan fingerprint density at radius 1 is 0.906 bits per heavy atom. The van der Waals surface area contributed by atoms with Gasteiger partial charge in [0.05, 0.1) is 23.3 Å². The summed E-state index contributed by atoms with van der Waals surface area (Å²) in [6.07, 6.45) is -1.26. The summed E-state index contributed by atoms with van der Waals surface area (Å²) in [7, 11) is -1.06. The Balaban J connectivity index is 1.82. The zero-order chi connectivity index (χ0) is 23.3. The third-order valence-electron chi connectivity index (χ3n) is 4.76. The van der Waals surface area contributed by atoms with E-state index in [1.807, 2.05) is 0 Å². The number of para-hydroxylation sites is 2. The summed E-state index contributed by atoms with van der Waals surface area (Å²) in [5.41, 5.74) is 6.25. The monoisotopic (exact) mass is 454 g/mol. The number of nitrogens with zero attached hydrogens (tertiary/aromatic N) is 1. The van der Waals surface area contributed by atoms with Crippen LogP contribution in [0.1, 0.15) is 22.0 Å². The number of amides is 1. The van der Waals surface area contributed by atoms with Crippen molar-refractivity contribution in [3.8, 4) is 5.75 Å². The third kappa shape index (κ3) is 4.73. The minimum absolute atomic E-state index is 0.0306. The Hall–Kier alpha value is -3.85. The van der Waals surface area contributed by atoms with Crippen molar-refractivity contribution in [1.82, 2.24) is 0 Å². The second-order valence-electron chi connectivity index (χ2n) is 6.77. The van der Waals surface area contributed by atoms with Crippen LogP contribution in [0, 0.1) is 0 Å². The van der Waals surface area contributed by atoms with Gasteiger partial charge in [-0.1, -0.05) is 42.5 Å². The van der Waals surface area contributed by atoms with E-state index in [4.69, 9.17) is 15.2 Å². The Kier molecular flexibility index (Phi) is 6.79. The molecule has 1 atom stereocenters. The zero-order valence-electron chi connectivity index (χ0n) is 17.5. The van der Waals surface area contributed by atoms with Gasteiger partial charge in [-0.05, 0) is 36.4 Å². The summed E-state index contributed by atoms with van der Waals surface area (Å²) >= 11 is 0. The number of anilines is 1. The lowest BCUT2D eigenvalue weighted by molar-refractivity contribution is -0.127. The van der Waals surface area contributed by atoms with Crippen molar-refractivity contribution in [2.75, 3.05) is 18.5 Å². The van der Waals surface area contributed by atoms with Crippen LogP contribution in [-0.2, 0) is 19.6 Å². The van der Waals surface area contributed by atoms with Gasteiger partial charge in [0, 0.05) is 12.6 Å². The third-order valence-corrected chi connectivity index (χ3v) is 6.54. The maximum Gasteiger partial charge on any atom is 0.339 e. The van der Waals surface area contributed by atoms with Gasteiger partial charge in [0.15, 0.2) is 0 Å². The summed E-state index contributed by atoms with van der Waals surface area (Å²) in [4.78, 5) is 24.3. The lowest BCUT2D eigenvalue weighted by atomic mass is 10.1. The molecule has 3 aromatic carbocycles. The van der Waals surface area contributed by atoms with Gasteiger partial charge in [0.25, 0.3) is 15.9 Å². The van der Waals surface area contributed by atoms with E-state index in [1.54, 1.807) is 54.6 Å². The molecule has 0 fully saturated rings. The number of carbonyl (C=O) groups excluding carboxylic acids is 2. The van der Waals surface area contributed by atoms with E-state index in [-0.39, 0.29) is 10.5 Å². The SMILES string of the molecule is COc1ccccc1N(C)S(=O)(=O)c1ccc(C(=O)O[C@H](C(N)=O)c2ccccc2)cc1. The maximum absolute atomic E-state index is 13.0. The molecule has 0 heterocycles. The van der Waals surface area contributed by atoms with Gasteiger partial charge in [-0.2, -0.15) is 0 Å². The van der Waals surface area contributed by atoms with Crippen LogP contribution in [0.4, 0.5) is 5.69 Å². The average Bonchev–Trinajstić information content (AvgIpc) is 2.82. The second kappa shape index (κ2) is 9.52. The van der Waals surface area contributed by atoms with E-state index in [0.717, 1.165) is 4.31 Å². The molecule has 8 nitrogen and oxygen atoms in total. The number of benzene rings is 3. The fraction of sp³-hybridized carbons (Fsp3) is 0.130. The lowest BCUT2D eigenvalue weighted by Gasteiger charge is -2.21. The largest absolute Gasteiger partial charge is 0.495 e. The highest BCUT2D eigenvalue weighted by Gasteiger charge is 2.26. The predicted octanol–water partition coefficient (Wildman–Crippen LogP) is 2.90. The van der Waals surface area contributed by atoms with Crippen LogP contribution < -0.4 is 14.8 Å². The number of sulfonamides is 1. The van der Waals surface area contributed by atoms with Crippen LogP contribution in [0.5, 0.6) is 5.75 Å². The van der Waals surface area contributed by atoms with Crippen molar-refractivity contribution < 1.29 is 27.5 Å². The Bertz CT molecular complexity index is 1210. The number of hydrogen-bond acceptors (Lipinski definition) is 6. The first-order valence-electron chi connectivity index (χ1n) is 9.53. The fourth-order valence-corrected chi connectivity index (χ4v) is 4.24. The van der Waals surface area contributed by atoms with Gasteiger partial charge >= 0.3 is 5.97 Å². The maximum atomic E-state index is 13.0. The van der Waals surface area contributed by atoms with E-state index in [2.05, 4.69) is 0 Å². The predicted molar refractivity (Wildman–Crippen MR) is 119 cm³/mol. The van der Waals surface area contributed by atoms with Crippen molar-refractivity contribution >= 4 is 27.6 Å². The van der Waals surface area contributed by atoms with E-state index in [0.29, 0.717) is 17.0 Å². The Morgan fingerprint density at radius 2 is 1.50 bits per heavy atom. The number of rotatable bonds is 8. The average molecular weight is 455 g/mol. The summed E-state index contributed by atoms with van der Waals surface area (Å²) in [6.45, 7) is 0. The molecule has 0 aliphatic rings. The lowest BCUT2D eigenvalue weighted by Crippen LogP contribution is -2.27. The zero-order valence-corrected chi connectivity index (χ0v) is 18.3. The van der Waals surface area contributed by atoms with Gasteiger partial charge in [-0.25, -0.2) is 13.2 Å². The topological polar surface area (TPSA) is 116 Å². The molecule has 1 amide bonds. The second-order valence-corrected chi connectivity index (χ2v) is 8.74. The van der Waals surface area contributed by atoms with Crippen molar-refractivity contribution in [2.24, 2.45) is 5.73 Å². The van der Waals surface area contributed by atoms with Crippen molar-refractivity contribution in [3.05, 3.63) is 90.0 Å². The number of hydrogen-bond donors (Lipinski definition) is 1. The van der Waals surface area contributed by atoms with Gasteiger partial charge in [0.2, 0.25) is 6.10 Å². The minimum atomic E-state index is -3.92. The molecule has 0 aliphatic carbocycles. The number of methoxy groups -OCH3 is 1. The van der Waals surface area contributed by atoms with Crippen LogP contribution in [0.2, 0.25) is 0 Å². The van der Waals surface area contributed by atoms with Crippen molar-refractivity contribution in [1.29, 1.82) is 0 Å². The molecule has 0 unspecified atom stereocenters. The van der Waals surface area contributed by atoms with Crippen molar-refractivity contribution in [2.45, 2.75) is 11.0 Å². The van der Waals surface area contributed by atoms with Crippen LogP contribution in [0.3, 0.4) is 0 Å². The molecule has 0 aromatic heterocycles. The molecule has 0 radical (unpaired) electrons. The quantitative estimate of drug-likeness (QED) is 0.523. The Morgan fingerprint density at radius 3 is 2.09 bits per heavy atom. The smallest absolute Gasteiger partial charge is 0.339 e. The normalized spacial score (nSPS) is 11.9. The first kappa shape index (κ1) is 22.8. The highest BCUT2D eigenvalue weighted by Crippen LogP contribution is 2.31. The van der Waals surface area contributed by atoms with Gasteiger partial charge in [-0.3, -0.25) is 9.10 Å². The molecular weight excluding hydrogens is 432 g/mol. The summed E-state index contributed by atoms with van der Waals surface area (Å²) in [6, 6.07) is 20.3. The van der Waals surface area contributed by atoms with Crippen LogP contribution in [0.25, 0.3) is 0 Å². The van der Waals surface area contributed by atoms with Gasteiger partial charge in [-0.15, -0.1) is 0 Å². The first-order valence-corrected chi connectivity index (χ1v) is 11.0. The number of esters is 1. The van der Waals surface area contributed by atoms with Gasteiger partial charge in [0.1, 0.15) is 5.75 Å².